The van der Waals surface area contributed by atoms with Gasteiger partial charge >= 0.3 is 0 Å². The number of nitrogens with one attached hydrogen (secondary N) is 2. The van der Waals surface area contributed by atoms with E-state index in [1.165, 1.54) is 5.56 Å². The van der Waals surface area contributed by atoms with Crippen LogP contribution < -0.4 is 5.32 Å². The molecule has 0 saturated heterocycles. The predicted molar refractivity (Wildman–Crippen MR) is 74.8 cm³/mol. The van der Waals surface area contributed by atoms with Crippen molar-refractivity contribution < 1.29 is 0 Å². The van der Waals surface area contributed by atoms with Gasteiger partial charge in [0.15, 0.2) is 0 Å². The third kappa shape index (κ3) is 3.34. The molecule has 3 nitrogen and oxygen atoms in total. The fourth-order valence-corrected chi connectivity index (χ4v) is 2.09. The Hall–Kier alpha value is -1.32. The maximum absolute atomic E-state index is 6.03. The van der Waals surface area contributed by atoms with Crippen LogP contribution in [0.5, 0.6) is 0 Å². The second-order valence-electron chi connectivity index (χ2n) is 5.03. The highest BCUT2D eigenvalue weighted by Crippen LogP contribution is 2.24. The average Bonchev–Trinajstić information content (AvgIpc) is 2.82. The van der Waals surface area contributed by atoms with Crippen LogP contribution in [0.15, 0.2) is 36.7 Å². The van der Waals surface area contributed by atoms with Gasteiger partial charge in [0, 0.05) is 29.4 Å². The number of rotatable bonds is 5. The smallest absolute Gasteiger partial charge is 0.120 e. The van der Waals surface area contributed by atoms with Crippen molar-refractivity contribution in [1.29, 1.82) is 0 Å². The minimum atomic E-state index is 0.0392. The highest BCUT2D eigenvalue weighted by atomic mass is 35.5. The van der Waals surface area contributed by atoms with Gasteiger partial charge in [-0.05, 0) is 17.7 Å². The lowest BCUT2D eigenvalue weighted by atomic mass is 9.84. The molecule has 96 valence electrons. The fraction of sp³-hybridized carbons (Fsp3) is 0.357. The molecular weight excluding hydrogens is 246 g/mol. The van der Waals surface area contributed by atoms with E-state index in [0.717, 1.165) is 23.9 Å². The summed E-state index contributed by atoms with van der Waals surface area (Å²) >= 11 is 6.03. The Kier molecular flexibility index (Phi) is 4.04. The van der Waals surface area contributed by atoms with Gasteiger partial charge in [-0.25, -0.2) is 4.98 Å². The van der Waals surface area contributed by atoms with E-state index in [4.69, 9.17) is 11.6 Å². The monoisotopic (exact) mass is 263 g/mol. The number of H-pyrrole nitrogens is 1. The summed E-state index contributed by atoms with van der Waals surface area (Å²) < 4.78 is 0. The average molecular weight is 264 g/mol. The number of nitrogens with zero attached hydrogens (tertiary/aromatic N) is 1. The van der Waals surface area contributed by atoms with Crippen LogP contribution in [-0.4, -0.2) is 16.5 Å². The summed E-state index contributed by atoms with van der Waals surface area (Å²) in [5, 5.41) is 4.19. The molecule has 4 heteroatoms. The van der Waals surface area contributed by atoms with Crippen LogP contribution in [0.25, 0.3) is 0 Å². The van der Waals surface area contributed by atoms with Gasteiger partial charge < -0.3 is 10.3 Å². The first-order chi connectivity index (χ1) is 8.58. The quantitative estimate of drug-likeness (QED) is 0.870. The molecule has 2 aromatic rings. The second-order valence-corrected chi connectivity index (χ2v) is 5.47. The van der Waals surface area contributed by atoms with E-state index >= 15 is 0 Å². The summed E-state index contributed by atoms with van der Waals surface area (Å²) in [7, 11) is 0. The van der Waals surface area contributed by atoms with Crippen molar-refractivity contribution in [2.45, 2.75) is 25.8 Å². The van der Waals surface area contributed by atoms with Crippen molar-refractivity contribution in [3.8, 4) is 0 Å². The highest BCUT2D eigenvalue weighted by molar-refractivity contribution is 6.30. The Morgan fingerprint density at radius 2 is 2.22 bits per heavy atom. The molecule has 18 heavy (non-hydrogen) atoms. The maximum atomic E-state index is 6.03. The maximum Gasteiger partial charge on any atom is 0.120 e. The standard InChI is InChI=1S/C14H18ClN3/c1-14(2,11-4-3-5-12(15)8-11)10-16-9-13-17-6-7-18-13/h3-8,16H,9-10H2,1-2H3,(H,17,18). The summed E-state index contributed by atoms with van der Waals surface area (Å²) in [5.41, 5.74) is 1.28. The van der Waals surface area contributed by atoms with Gasteiger partial charge in [-0.15, -0.1) is 0 Å². The van der Waals surface area contributed by atoms with Gasteiger partial charge in [0.05, 0.1) is 6.54 Å². The first kappa shape index (κ1) is 13.1. The lowest BCUT2D eigenvalue weighted by molar-refractivity contribution is 0.465. The fourth-order valence-electron chi connectivity index (χ4n) is 1.90. The highest BCUT2D eigenvalue weighted by Gasteiger charge is 2.20. The van der Waals surface area contributed by atoms with E-state index in [1.807, 2.05) is 24.4 Å². The second kappa shape index (κ2) is 5.55. The number of hydrogen-bond donors (Lipinski definition) is 2. The molecule has 0 fully saturated rings. The molecule has 1 aromatic carbocycles. The lowest BCUT2D eigenvalue weighted by Gasteiger charge is -2.25. The Balaban J connectivity index is 1.94. The van der Waals surface area contributed by atoms with Gasteiger partial charge in [-0.3, -0.25) is 0 Å². The van der Waals surface area contributed by atoms with Gasteiger partial charge in [-0.1, -0.05) is 37.6 Å². The van der Waals surface area contributed by atoms with Crippen molar-refractivity contribution in [3.63, 3.8) is 0 Å². The molecule has 2 rings (SSSR count). The van der Waals surface area contributed by atoms with E-state index in [-0.39, 0.29) is 5.41 Å². The number of imidazole rings is 1. The number of aromatic nitrogens is 2. The zero-order valence-electron chi connectivity index (χ0n) is 10.7. The van der Waals surface area contributed by atoms with Crippen molar-refractivity contribution in [1.82, 2.24) is 15.3 Å². The lowest BCUT2D eigenvalue weighted by Crippen LogP contribution is -2.32. The summed E-state index contributed by atoms with van der Waals surface area (Å²) in [6.07, 6.45) is 3.60. The number of halogens is 1. The number of aromatic amines is 1. The molecule has 0 saturated carbocycles. The number of hydrogen-bond acceptors (Lipinski definition) is 2. The van der Waals surface area contributed by atoms with Crippen LogP contribution >= 0.6 is 11.6 Å². The molecular formula is C14H18ClN3. The summed E-state index contributed by atoms with van der Waals surface area (Å²) in [4.78, 5) is 7.26. The zero-order chi connectivity index (χ0) is 13.0. The van der Waals surface area contributed by atoms with E-state index in [0.29, 0.717) is 0 Å². The van der Waals surface area contributed by atoms with Crippen molar-refractivity contribution in [2.75, 3.05) is 6.54 Å². The Morgan fingerprint density at radius 3 is 2.89 bits per heavy atom. The summed E-state index contributed by atoms with van der Waals surface area (Å²) in [6, 6.07) is 8.03. The van der Waals surface area contributed by atoms with Crippen molar-refractivity contribution in [3.05, 3.63) is 53.1 Å². The van der Waals surface area contributed by atoms with E-state index in [1.54, 1.807) is 6.20 Å². The van der Waals surface area contributed by atoms with Crippen LogP contribution in [0, 0.1) is 0 Å². The molecule has 0 bridgehead atoms. The predicted octanol–water partition coefficient (Wildman–Crippen LogP) is 3.13. The summed E-state index contributed by atoms with van der Waals surface area (Å²) in [6.45, 7) is 6.02. The zero-order valence-corrected chi connectivity index (χ0v) is 11.5. The van der Waals surface area contributed by atoms with Gasteiger partial charge in [-0.2, -0.15) is 0 Å². The van der Waals surface area contributed by atoms with Gasteiger partial charge in [0.25, 0.3) is 0 Å². The van der Waals surface area contributed by atoms with E-state index in [9.17, 15) is 0 Å². The van der Waals surface area contributed by atoms with Gasteiger partial charge in [0.2, 0.25) is 0 Å². The van der Waals surface area contributed by atoms with Crippen molar-refractivity contribution >= 4 is 11.6 Å². The third-order valence-corrected chi connectivity index (χ3v) is 3.26. The van der Waals surface area contributed by atoms with Gasteiger partial charge in [0.1, 0.15) is 5.82 Å². The van der Waals surface area contributed by atoms with Crippen LogP contribution in [0.4, 0.5) is 0 Å². The van der Waals surface area contributed by atoms with Crippen molar-refractivity contribution in [2.24, 2.45) is 0 Å². The van der Waals surface area contributed by atoms with Crippen LogP contribution in [0.2, 0.25) is 5.02 Å². The van der Waals surface area contributed by atoms with E-state index in [2.05, 4.69) is 35.2 Å². The van der Waals surface area contributed by atoms with Crippen LogP contribution in [-0.2, 0) is 12.0 Å². The normalized spacial score (nSPS) is 11.7. The molecule has 0 aliphatic heterocycles. The molecule has 0 atom stereocenters. The van der Waals surface area contributed by atoms with E-state index < -0.39 is 0 Å². The van der Waals surface area contributed by atoms with Crippen LogP contribution in [0.1, 0.15) is 25.2 Å². The SMILES string of the molecule is CC(C)(CNCc1ncc[nH]1)c1cccc(Cl)c1. The Morgan fingerprint density at radius 1 is 1.39 bits per heavy atom. The minimum Gasteiger partial charge on any atom is -0.348 e. The number of benzene rings is 1. The first-order valence-corrected chi connectivity index (χ1v) is 6.41. The topological polar surface area (TPSA) is 40.7 Å². The molecule has 0 radical (unpaired) electrons. The molecule has 0 aliphatic rings. The Bertz CT molecular complexity index is 492. The van der Waals surface area contributed by atoms with Crippen LogP contribution in [0.3, 0.4) is 0 Å². The molecule has 0 aliphatic carbocycles. The largest absolute Gasteiger partial charge is 0.348 e. The first-order valence-electron chi connectivity index (χ1n) is 6.03. The molecule has 0 spiro atoms. The minimum absolute atomic E-state index is 0.0392. The summed E-state index contributed by atoms with van der Waals surface area (Å²) in [5.74, 6) is 0.955. The Labute approximate surface area is 113 Å². The molecule has 0 amide bonds. The molecule has 2 N–H and O–H groups in total. The molecule has 1 heterocycles. The molecule has 1 aromatic heterocycles. The third-order valence-electron chi connectivity index (χ3n) is 3.02. The molecule has 0 unspecified atom stereocenters.